The maximum absolute atomic E-state index is 13.2. The van der Waals surface area contributed by atoms with Gasteiger partial charge in [-0.25, -0.2) is 17.9 Å². The number of nitrogens with two attached hydrogens (primary N) is 1. The SMILES string of the molecule is COC(=O)c1ccc(S(=O)(=O)NC2CCCC(N)C2)cc1C(F)(F)F. The van der Waals surface area contributed by atoms with E-state index in [2.05, 4.69) is 9.46 Å². The van der Waals surface area contributed by atoms with E-state index in [0.717, 1.165) is 32.1 Å². The van der Waals surface area contributed by atoms with E-state index >= 15 is 0 Å². The summed E-state index contributed by atoms with van der Waals surface area (Å²) < 4.78 is 71.1. The summed E-state index contributed by atoms with van der Waals surface area (Å²) in [4.78, 5) is 10.9. The third-order valence-corrected chi connectivity index (χ3v) is 5.57. The number of nitrogens with one attached hydrogen (secondary N) is 1. The normalized spacial score (nSPS) is 21.8. The zero-order valence-corrected chi connectivity index (χ0v) is 14.3. The largest absolute Gasteiger partial charge is 0.465 e. The minimum Gasteiger partial charge on any atom is -0.465 e. The number of halogens is 3. The summed E-state index contributed by atoms with van der Waals surface area (Å²) in [5, 5.41) is 0. The lowest BCUT2D eigenvalue weighted by Crippen LogP contribution is -2.42. The minimum absolute atomic E-state index is 0.145. The Labute approximate surface area is 143 Å². The molecule has 0 amide bonds. The number of benzene rings is 1. The highest BCUT2D eigenvalue weighted by Gasteiger charge is 2.37. The van der Waals surface area contributed by atoms with Crippen molar-refractivity contribution in [3.05, 3.63) is 29.3 Å². The molecule has 1 fully saturated rings. The summed E-state index contributed by atoms with van der Waals surface area (Å²) in [7, 11) is -3.23. The Morgan fingerprint density at radius 1 is 1.32 bits per heavy atom. The number of hydrogen-bond acceptors (Lipinski definition) is 5. The fourth-order valence-electron chi connectivity index (χ4n) is 2.84. The molecule has 10 heteroatoms. The molecule has 0 radical (unpaired) electrons. The van der Waals surface area contributed by atoms with Gasteiger partial charge in [-0.05, 0) is 37.5 Å². The molecule has 3 N–H and O–H groups in total. The molecular weight excluding hydrogens is 361 g/mol. The van der Waals surface area contributed by atoms with Crippen molar-refractivity contribution in [2.75, 3.05) is 7.11 Å². The average Bonchev–Trinajstić information content (AvgIpc) is 2.52. The first-order chi connectivity index (χ1) is 11.5. The van der Waals surface area contributed by atoms with Gasteiger partial charge in [0.05, 0.1) is 23.1 Å². The van der Waals surface area contributed by atoms with Crippen LogP contribution in [0.3, 0.4) is 0 Å². The molecule has 1 aromatic carbocycles. The maximum atomic E-state index is 13.2. The van der Waals surface area contributed by atoms with Gasteiger partial charge in [0.2, 0.25) is 10.0 Å². The lowest BCUT2D eigenvalue weighted by molar-refractivity contribution is -0.138. The molecule has 0 heterocycles. The Bertz CT molecular complexity index is 750. The van der Waals surface area contributed by atoms with Gasteiger partial charge in [0, 0.05) is 12.1 Å². The van der Waals surface area contributed by atoms with Crippen LogP contribution >= 0.6 is 0 Å². The van der Waals surface area contributed by atoms with Gasteiger partial charge in [0.15, 0.2) is 0 Å². The van der Waals surface area contributed by atoms with Crippen molar-refractivity contribution in [1.29, 1.82) is 0 Å². The Hall–Kier alpha value is -1.65. The van der Waals surface area contributed by atoms with Crippen molar-refractivity contribution >= 4 is 16.0 Å². The molecule has 1 aromatic rings. The van der Waals surface area contributed by atoms with Crippen LogP contribution in [-0.2, 0) is 20.9 Å². The van der Waals surface area contributed by atoms with E-state index in [1.807, 2.05) is 0 Å². The van der Waals surface area contributed by atoms with Gasteiger partial charge in [-0.1, -0.05) is 6.42 Å². The van der Waals surface area contributed by atoms with Crippen molar-refractivity contribution in [1.82, 2.24) is 4.72 Å². The lowest BCUT2D eigenvalue weighted by atomic mass is 9.92. The summed E-state index contributed by atoms with van der Waals surface area (Å²) in [5.41, 5.74) is 3.70. The number of methoxy groups -OCH3 is 1. The standard InChI is InChI=1S/C15H19F3N2O4S/c1-24-14(21)12-6-5-11(8-13(12)15(16,17)18)25(22,23)20-10-4-2-3-9(19)7-10/h5-6,8-10,20H,2-4,7,19H2,1H3. The smallest absolute Gasteiger partial charge is 0.417 e. The fourth-order valence-corrected chi connectivity index (χ4v) is 4.14. The summed E-state index contributed by atoms with van der Waals surface area (Å²) in [6, 6.07) is 1.62. The number of ether oxygens (including phenoxy) is 1. The van der Waals surface area contributed by atoms with Crippen LogP contribution in [0.2, 0.25) is 0 Å². The Morgan fingerprint density at radius 3 is 2.56 bits per heavy atom. The molecular formula is C15H19F3N2O4S. The van der Waals surface area contributed by atoms with Crippen LogP contribution in [0, 0.1) is 0 Å². The van der Waals surface area contributed by atoms with Crippen LogP contribution in [-0.4, -0.2) is 33.6 Å². The van der Waals surface area contributed by atoms with Crippen molar-refractivity contribution < 1.29 is 31.1 Å². The van der Waals surface area contributed by atoms with E-state index in [4.69, 9.17) is 5.73 Å². The number of alkyl halides is 3. The van der Waals surface area contributed by atoms with Gasteiger partial charge in [0.25, 0.3) is 0 Å². The molecule has 25 heavy (non-hydrogen) atoms. The number of hydrogen-bond donors (Lipinski definition) is 2. The highest BCUT2D eigenvalue weighted by atomic mass is 32.2. The zero-order chi connectivity index (χ0) is 18.8. The topological polar surface area (TPSA) is 98.5 Å². The Morgan fingerprint density at radius 2 is 2.00 bits per heavy atom. The number of esters is 1. The van der Waals surface area contributed by atoms with Gasteiger partial charge in [-0.15, -0.1) is 0 Å². The molecule has 2 rings (SSSR count). The summed E-state index contributed by atoms with van der Waals surface area (Å²) in [6.07, 6.45) is -2.39. The first-order valence-electron chi connectivity index (χ1n) is 7.62. The molecule has 140 valence electrons. The van der Waals surface area contributed by atoms with Crippen LogP contribution in [0.25, 0.3) is 0 Å². The summed E-state index contributed by atoms with van der Waals surface area (Å²) in [5.74, 6) is -1.19. The zero-order valence-electron chi connectivity index (χ0n) is 13.5. The van der Waals surface area contributed by atoms with Gasteiger partial charge in [-0.2, -0.15) is 13.2 Å². The lowest BCUT2D eigenvalue weighted by Gasteiger charge is -2.27. The predicted molar refractivity (Wildman–Crippen MR) is 83.3 cm³/mol. The predicted octanol–water partition coefficient (Wildman–Crippen LogP) is 2.04. The summed E-state index contributed by atoms with van der Waals surface area (Å²) in [6.45, 7) is 0. The van der Waals surface area contributed by atoms with E-state index in [1.165, 1.54) is 0 Å². The van der Waals surface area contributed by atoms with Gasteiger partial charge >= 0.3 is 12.1 Å². The van der Waals surface area contributed by atoms with Crippen LogP contribution in [0.4, 0.5) is 13.2 Å². The van der Waals surface area contributed by atoms with Crippen LogP contribution < -0.4 is 10.5 Å². The van der Waals surface area contributed by atoms with Gasteiger partial charge in [0.1, 0.15) is 0 Å². The van der Waals surface area contributed by atoms with Crippen LogP contribution in [0.15, 0.2) is 23.1 Å². The molecule has 2 unspecified atom stereocenters. The van der Waals surface area contributed by atoms with E-state index < -0.39 is 44.2 Å². The second-order valence-electron chi connectivity index (χ2n) is 5.94. The molecule has 0 aliphatic heterocycles. The van der Waals surface area contributed by atoms with Crippen molar-refractivity contribution in [2.24, 2.45) is 5.73 Å². The third-order valence-electron chi connectivity index (χ3n) is 4.05. The Balaban J connectivity index is 2.36. The molecule has 1 aliphatic carbocycles. The quantitative estimate of drug-likeness (QED) is 0.779. The molecule has 1 saturated carbocycles. The molecule has 0 spiro atoms. The molecule has 6 nitrogen and oxygen atoms in total. The number of sulfonamides is 1. The van der Waals surface area contributed by atoms with E-state index in [0.29, 0.717) is 18.9 Å². The minimum atomic E-state index is -4.90. The number of rotatable bonds is 4. The molecule has 1 aliphatic rings. The molecule has 0 saturated heterocycles. The summed E-state index contributed by atoms with van der Waals surface area (Å²) >= 11 is 0. The van der Waals surface area contributed by atoms with Crippen LogP contribution in [0.1, 0.15) is 41.6 Å². The molecule has 2 atom stereocenters. The third kappa shape index (κ3) is 4.71. The fraction of sp³-hybridized carbons (Fsp3) is 0.533. The Kier molecular flexibility index (Phi) is 5.75. The van der Waals surface area contributed by atoms with Crippen LogP contribution in [0.5, 0.6) is 0 Å². The molecule has 0 aromatic heterocycles. The van der Waals surface area contributed by atoms with Gasteiger partial charge < -0.3 is 10.5 Å². The van der Waals surface area contributed by atoms with Crippen molar-refractivity contribution in [3.8, 4) is 0 Å². The highest BCUT2D eigenvalue weighted by molar-refractivity contribution is 7.89. The second kappa shape index (κ2) is 7.30. The first-order valence-corrected chi connectivity index (χ1v) is 9.10. The average molecular weight is 380 g/mol. The number of carbonyl (C=O) groups is 1. The van der Waals surface area contributed by atoms with Gasteiger partial charge in [-0.3, -0.25) is 0 Å². The molecule has 0 bridgehead atoms. The highest BCUT2D eigenvalue weighted by Crippen LogP contribution is 2.34. The number of carbonyl (C=O) groups excluding carboxylic acids is 1. The van der Waals surface area contributed by atoms with Crippen molar-refractivity contribution in [2.45, 2.75) is 48.8 Å². The monoisotopic (exact) mass is 380 g/mol. The van der Waals surface area contributed by atoms with Crippen molar-refractivity contribution in [3.63, 3.8) is 0 Å². The van der Waals surface area contributed by atoms with E-state index in [-0.39, 0.29) is 6.04 Å². The first kappa shape index (κ1) is 19.7. The second-order valence-corrected chi connectivity index (χ2v) is 7.66. The van der Waals surface area contributed by atoms with E-state index in [9.17, 15) is 26.4 Å². The maximum Gasteiger partial charge on any atom is 0.417 e. The van der Waals surface area contributed by atoms with E-state index in [1.54, 1.807) is 0 Å².